The van der Waals surface area contributed by atoms with Crippen LogP contribution in [0.4, 0.5) is 4.39 Å². The molecule has 0 spiro atoms. The summed E-state index contributed by atoms with van der Waals surface area (Å²) < 4.78 is 23.2. The van der Waals surface area contributed by atoms with E-state index in [1.807, 2.05) is 0 Å². The van der Waals surface area contributed by atoms with Gasteiger partial charge in [0.05, 0.1) is 7.11 Å². The summed E-state index contributed by atoms with van der Waals surface area (Å²) in [6, 6.07) is 3.96. The number of aromatic carboxylic acids is 1. The summed E-state index contributed by atoms with van der Waals surface area (Å²) in [5.41, 5.74) is 0.984. The maximum Gasteiger partial charge on any atom is 0.374 e. The van der Waals surface area contributed by atoms with E-state index in [-0.39, 0.29) is 11.5 Å². The Hall–Kier alpha value is -2.37. The molecule has 1 aromatic carbocycles. The van der Waals surface area contributed by atoms with Crippen LogP contribution >= 0.6 is 0 Å². The lowest BCUT2D eigenvalue weighted by molar-refractivity contribution is 0.0652. The summed E-state index contributed by atoms with van der Waals surface area (Å²) in [5, 5.41) is 12.3. The van der Waals surface area contributed by atoms with Crippen molar-refractivity contribution in [2.75, 3.05) is 7.11 Å². The van der Waals surface area contributed by atoms with Gasteiger partial charge in [-0.15, -0.1) is 0 Å². The molecule has 0 unspecified atom stereocenters. The minimum Gasteiger partial charge on any atom is -0.496 e. The fourth-order valence-corrected chi connectivity index (χ4v) is 1.53. The maximum atomic E-state index is 13.5. The van der Waals surface area contributed by atoms with Gasteiger partial charge in [-0.25, -0.2) is 9.18 Å². The number of carboxylic acid groups (broad SMARTS) is 1. The molecule has 0 saturated carbocycles. The SMILES string of the molecule is COc1cc(C)c(F)cc1-c1cc(C(=O)O)on1. The molecule has 0 bridgehead atoms. The van der Waals surface area contributed by atoms with Crippen molar-refractivity contribution in [3.05, 3.63) is 35.3 Å². The van der Waals surface area contributed by atoms with E-state index in [0.29, 0.717) is 16.9 Å². The van der Waals surface area contributed by atoms with Crippen LogP contribution in [0, 0.1) is 12.7 Å². The Morgan fingerprint density at radius 2 is 2.17 bits per heavy atom. The first-order valence-electron chi connectivity index (χ1n) is 5.07. The number of aryl methyl sites for hydroxylation is 1. The molecule has 2 rings (SSSR count). The molecular weight excluding hydrogens is 241 g/mol. The van der Waals surface area contributed by atoms with Gasteiger partial charge in [0, 0.05) is 11.6 Å². The van der Waals surface area contributed by atoms with Crippen LogP contribution in [0.5, 0.6) is 5.75 Å². The van der Waals surface area contributed by atoms with Crippen LogP contribution in [0.3, 0.4) is 0 Å². The molecule has 5 nitrogen and oxygen atoms in total. The van der Waals surface area contributed by atoms with E-state index in [2.05, 4.69) is 9.68 Å². The highest BCUT2D eigenvalue weighted by molar-refractivity contribution is 5.86. The van der Waals surface area contributed by atoms with Gasteiger partial charge in [0.1, 0.15) is 17.3 Å². The number of ether oxygens (including phenoxy) is 1. The molecule has 0 fully saturated rings. The van der Waals surface area contributed by atoms with Crippen molar-refractivity contribution in [3.63, 3.8) is 0 Å². The van der Waals surface area contributed by atoms with Crippen molar-refractivity contribution in [1.29, 1.82) is 0 Å². The van der Waals surface area contributed by atoms with Gasteiger partial charge in [0.25, 0.3) is 0 Å². The summed E-state index contributed by atoms with van der Waals surface area (Å²) in [4.78, 5) is 10.7. The third-order valence-corrected chi connectivity index (χ3v) is 2.48. The summed E-state index contributed by atoms with van der Waals surface area (Å²) >= 11 is 0. The monoisotopic (exact) mass is 251 g/mol. The summed E-state index contributed by atoms with van der Waals surface area (Å²) in [6.45, 7) is 1.60. The van der Waals surface area contributed by atoms with Crippen LogP contribution < -0.4 is 4.74 Å². The first-order chi connectivity index (χ1) is 8.52. The maximum absolute atomic E-state index is 13.5. The van der Waals surface area contributed by atoms with Crippen molar-refractivity contribution in [1.82, 2.24) is 5.16 Å². The molecule has 6 heteroatoms. The average molecular weight is 251 g/mol. The van der Waals surface area contributed by atoms with E-state index >= 15 is 0 Å². The number of nitrogens with zero attached hydrogens (tertiary/aromatic N) is 1. The van der Waals surface area contributed by atoms with E-state index in [0.717, 1.165) is 0 Å². The van der Waals surface area contributed by atoms with Crippen LogP contribution in [0.25, 0.3) is 11.3 Å². The smallest absolute Gasteiger partial charge is 0.374 e. The zero-order valence-electron chi connectivity index (χ0n) is 9.73. The van der Waals surface area contributed by atoms with Crippen molar-refractivity contribution in [2.24, 2.45) is 0 Å². The number of carboxylic acids is 1. The molecule has 0 aliphatic heterocycles. The molecule has 0 aliphatic rings. The van der Waals surface area contributed by atoms with Crippen LogP contribution in [0.15, 0.2) is 22.7 Å². The molecule has 0 radical (unpaired) electrons. The Morgan fingerprint density at radius 3 is 2.72 bits per heavy atom. The van der Waals surface area contributed by atoms with Gasteiger partial charge in [-0.05, 0) is 24.6 Å². The van der Waals surface area contributed by atoms with Crippen LogP contribution in [-0.2, 0) is 0 Å². The lowest BCUT2D eigenvalue weighted by atomic mass is 10.1. The normalized spacial score (nSPS) is 10.4. The first kappa shape index (κ1) is 12.1. The molecule has 18 heavy (non-hydrogen) atoms. The summed E-state index contributed by atoms with van der Waals surface area (Å²) in [7, 11) is 1.44. The van der Waals surface area contributed by atoms with Crippen molar-refractivity contribution < 1.29 is 23.6 Å². The van der Waals surface area contributed by atoms with Crippen LogP contribution in [0.1, 0.15) is 16.1 Å². The van der Waals surface area contributed by atoms with Gasteiger partial charge in [-0.3, -0.25) is 0 Å². The van der Waals surface area contributed by atoms with Gasteiger partial charge in [0.15, 0.2) is 0 Å². The van der Waals surface area contributed by atoms with Gasteiger partial charge in [-0.1, -0.05) is 5.16 Å². The predicted molar refractivity (Wildman–Crippen MR) is 60.1 cm³/mol. The Morgan fingerprint density at radius 1 is 1.44 bits per heavy atom. The van der Waals surface area contributed by atoms with Crippen molar-refractivity contribution >= 4 is 5.97 Å². The first-order valence-corrected chi connectivity index (χ1v) is 5.07. The molecule has 1 N–H and O–H groups in total. The minimum atomic E-state index is -1.24. The highest BCUT2D eigenvalue weighted by Crippen LogP contribution is 2.31. The summed E-state index contributed by atoms with van der Waals surface area (Å²) in [5.74, 6) is -1.57. The Balaban J connectivity index is 2.55. The highest BCUT2D eigenvalue weighted by Gasteiger charge is 2.17. The molecule has 0 amide bonds. The van der Waals surface area contributed by atoms with Crippen LogP contribution in [0.2, 0.25) is 0 Å². The number of hydrogen-bond acceptors (Lipinski definition) is 4. The standard InChI is InChI=1S/C12H10FNO4/c1-6-3-10(17-2)7(4-8(6)13)9-5-11(12(15)16)18-14-9/h3-5H,1-2H3,(H,15,16). The molecule has 0 atom stereocenters. The number of hydrogen-bond donors (Lipinski definition) is 1. The molecule has 0 aliphatic carbocycles. The van der Waals surface area contributed by atoms with Crippen molar-refractivity contribution in [3.8, 4) is 17.0 Å². The third-order valence-electron chi connectivity index (χ3n) is 2.48. The highest BCUT2D eigenvalue weighted by atomic mass is 19.1. The molecular formula is C12H10FNO4. The van der Waals surface area contributed by atoms with Gasteiger partial charge >= 0.3 is 5.97 Å². The van der Waals surface area contributed by atoms with E-state index in [9.17, 15) is 9.18 Å². The number of methoxy groups -OCH3 is 1. The van der Waals surface area contributed by atoms with Crippen LogP contribution in [-0.4, -0.2) is 23.3 Å². The van der Waals surface area contributed by atoms with Gasteiger partial charge in [-0.2, -0.15) is 0 Å². The number of aromatic nitrogens is 1. The molecule has 2 aromatic rings. The Kier molecular flexibility index (Phi) is 3.01. The second-order valence-electron chi connectivity index (χ2n) is 3.68. The zero-order chi connectivity index (χ0) is 13.3. The number of carbonyl (C=O) groups is 1. The third kappa shape index (κ3) is 2.04. The lowest BCUT2D eigenvalue weighted by Gasteiger charge is -2.07. The average Bonchev–Trinajstić information content (AvgIpc) is 2.81. The Bertz CT molecular complexity index is 606. The quantitative estimate of drug-likeness (QED) is 0.907. The number of halogens is 1. The summed E-state index contributed by atoms with van der Waals surface area (Å²) in [6.07, 6.45) is 0. The zero-order valence-corrected chi connectivity index (χ0v) is 9.73. The van der Waals surface area contributed by atoms with E-state index < -0.39 is 11.8 Å². The fraction of sp³-hybridized carbons (Fsp3) is 0.167. The molecule has 1 aromatic heterocycles. The predicted octanol–water partition coefficient (Wildman–Crippen LogP) is 2.50. The molecule has 0 saturated heterocycles. The topological polar surface area (TPSA) is 72.6 Å². The molecule has 1 heterocycles. The second kappa shape index (κ2) is 4.48. The van der Waals surface area contributed by atoms with Gasteiger partial charge in [0.2, 0.25) is 5.76 Å². The van der Waals surface area contributed by atoms with E-state index in [1.165, 1.54) is 25.3 Å². The van der Waals surface area contributed by atoms with Gasteiger partial charge < -0.3 is 14.4 Å². The number of benzene rings is 1. The second-order valence-corrected chi connectivity index (χ2v) is 3.68. The fourth-order valence-electron chi connectivity index (χ4n) is 1.53. The van der Waals surface area contributed by atoms with Crippen molar-refractivity contribution in [2.45, 2.75) is 6.92 Å². The molecule has 94 valence electrons. The number of rotatable bonds is 3. The largest absolute Gasteiger partial charge is 0.496 e. The van der Waals surface area contributed by atoms with E-state index in [4.69, 9.17) is 9.84 Å². The lowest BCUT2D eigenvalue weighted by Crippen LogP contribution is -1.93. The Labute approximate surface area is 102 Å². The minimum absolute atomic E-state index is 0.211. The van der Waals surface area contributed by atoms with E-state index in [1.54, 1.807) is 6.92 Å².